The molecular weight excluding hydrogens is 344 g/mol. The number of anilines is 2. The molecular formula is C21H18N2O4. The van der Waals surface area contributed by atoms with Crippen molar-refractivity contribution in [3.8, 4) is 0 Å². The van der Waals surface area contributed by atoms with Gasteiger partial charge in [-0.25, -0.2) is 4.79 Å². The third-order valence-electron chi connectivity index (χ3n) is 4.73. The predicted molar refractivity (Wildman–Crippen MR) is 103 cm³/mol. The van der Waals surface area contributed by atoms with Crippen LogP contribution in [-0.2, 0) is 11.2 Å². The molecule has 27 heavy (non-hydrogen) atoms. The van der Waals surface area contributed by atoms with Crippen molar-refractivity contribution in [2.24, 2.45) is 0 Å². The van der Waals surface area contributed by atoms with E-state index in [4.69, 9.17) is 4.42 Å². The Kier molecular flexibility index (Phi) is 4.24. The molecule has 0 atom stereocenters. The van der Waals surface area contributed by atoms with Crippen molar-refractivity contribution in [1.82, 2.24) is 0 Å². The first-order valence-corrected chi connectivity index (χ1v) is 8.78. The smallest absolute Gasteiger partial charge is 0.349 e. The number of hydrogen-bond acceptors (Lipinski definition) is 4. The lowest BCUT2D eigenvalue weighted by molar-refractivity contribution is -0.116. The number of aryl methyl sites for hydroxylation is 1. The standard InChI is InChI=1S/C21H18N2O4/c1-13(24)23-10-4-6-14-8-9-16(12-18(14)23)22-20(25)17-11-15-5-2-3-7-19(15)27-21(17)26/h2-3,5,7-9,11-12H,4,6,10H2,1H3,(H,22,25). The molecule has 0 saturated heterocycles. The number of para-hydroxylation sites is 1. The summed E-state index contributed by atoms with van der Waals surface area (Å²) in [5.41, 5.74) is 2.09. The Morgan fingerprint density at radius 1 is 1.11 bits per heavy atom. The molecule has 0 saturated carbocycles. The highest BCUT2D eigenvalue weighted by molar-refractivity contribution is 6.06. The summed E-state index contributed by atoms with van der Waals surface area (Å²) in [5.74, 6) is -0.575. The van der Waals surface area contributed by atoms with Crippen LogP contribution in [0.15, 0.2) is 57.7 Å². The van der Waals surface area contributed by atoms with Crippen LogP contribution in [0.25, 0.3) is 11.0 Å². The van der Waals surface area contributed by atoms with E-state index in [2.05, 4.69) is 5.32 Å². The fourth-order valence-corrected chi connectivity index (χ4v) is 3.40. The second-order valence-electron chi connectivity index (χ2n) is 6.56. The van der Waals surface area contributed by atoms with Gasteiger partial charge in [0.15, 0.2) is 0 Å². The zero-order chi connectivity index (χ0) is 19.0. The minimum Gasteiger partial charge on any atom is -0.422 e. The third kappa shape index (κ3) is 3.21. The molecule has 0 spiro atoms. The molecule has 1 aliphatic heterocycles. The summed E-state index contributed by atoms with van der Waals surface area (Å²) in [6.45, 7) is 2.19. The van der Waals surface area contributed by atoms with Gasteiger partial charge < -0.3 is 14.6 Å². The van der Waals surface area contributed by atoms with Gasteiger partial charge >= 0.3 is 5.63 Å². The van der Waals surface area contributed by atoms with Crippen LogP contribution in [0.1, 0.15) is 29.3 Å². The maximum absolute atomic E-state index is 12.6. The molecule has 1 aromatic heterocycles. The van der Waals surface area contributed by atoms with Crippen molar-refractivity contribution in [1.29, 1.82) is 0 Å². The van der Waals surface area contributed by atoms with Gasteiger partial charge in [0, 0.05) is 30.2 Å². The zero-order valence-electron chi connectivity index (χ0n) is 14.8. The molecule has 0 bridgehead atoms. The Balaban J connectivity index is 1.66. The molecule has 136 valence electrons. The number of hydrogen-bond donors (Lipinski definition) is 1. The van der Waals surface area contributed by atoms with Gasteiger partial charge in [-0.15, -0.1) is 0 Å². The summed E-state index contributed by atoms with van der Waals surface area (Å²) in [7, 11) is 0. The van der Waals surface area contributed by atoms with E-state index in [1.54, 1.807) is 35.2 Å². The number of amides is 2. The second kappa shape index (κ2) is 6.72. The number of rotatable bonds is 2. The van der Waals surface area contributed by atoms with Crippen molar-refractivity contribution in [2.75, 3.05) is 16.8 Å². The number of fused-ring (bicyclic) bond motifs is 2. The highest BCUT2D eigenvalue weighted by Gasteiger charge is 2.21. The fourth-order valence-electron chi connectivity index (χ4n) is 3.40. The third-order valence-corrected chi connectivity index (χ3v) is 4.73. The molecule has 6 nitrogen and oxygen atoms in total. The van der Waals surface area contributed by atoms with Crippen LogP contribution in [0.2, 0.25) is 0 Å². The summed E-state index contributed by atoms with van der Waals surface area (Å²) < 4.78 is 5.22. The van der Waals surface area contributed by atoms with Gasteiger partial charge in [0.1, 0.15) is 11.1 Å². The van der Waals surface area contributed by atoms with E-state index in [0.717, 1.165) is 24.1 Å². The molecule has 1 N–H and O–H groups in total. The van der Waals surface area contributed by atoms with Gasteiger partial charge in [0.2, 0.25) is 5.91 Å². The predicted octanol–water partition coefficient (Wildman–Crippen LogP) is 3.34. The lowest BCUT2D eigenvalue weighted by Gasteiger charge is -2.29. The summed E-state index contributed by atoms with van der Waals surface area (Å²) in [4.78, 5) is 38.3. The van der Waals surface area contributed by atoms with Crippen molar-refractivity contribution >= 4 is 34.2 Å². The maximum atomic E-state index is 12.6. The highest BCUT2D eigenvalue weighted by Crippen LogP contribution is 2.30. The normalized spacial score (nSPS) is 13.3. The van der Waals surface area contributed by atoms with Crippen LogP contribution < -0.4 is 15.8 Å². The monoisotopic (exact) mass is 362 g/mol. The molecule has 2 aromatic carbocycles. The van der Waals surface area contributed by atoms with E-state index in [-0.39, 0.29) is 11.5 Å². The number of nitrogens with zero attached hydrogens (tertiary/aromatic N) is 1. The van der Waals surface area contributed by atoms with E-state index in [1.165, 1.54) is 13.0 Å². The van der Waals surface area contributed by atoms with Crippen LogP contribution in [0.5, 0.6) is 0 Å². The quantitative estimate of drug-likeness (QED) is 0.709. The minimum absolute atomic E-state index is 0.0328. The first kappa shape index (κ1) is 17.0. The first-order chi connectivity index (χ1) is 13.0. The molecule has 6 heteroatoms. The van der Waals surface area contributed by atoms with E-state index in [9.17, 15) is 14.4 Å². The average molecular weight is 362 g/mol. The molecule has 4 rings (SSSR count). The SMILES string of the molecule is CC(=O)N1CCCc2ccc(NC(=O)c3cc4ccccc4oc3=O)cc21. The Labute approximate surface area is 155 Å². The topological polar surface area (TPSA) is 79.6 Å². The maximum Gasteiger partial charge on any atom is 0.349 e. The fraction of sp³-hybridized carbons (Fsp3) is 0.190. The molecule has 1 aliphatic rings. The van der Waals surface area contributed by atoms with Crippen LogP contribution in [0.4, 0.5) is 11.4 Å². The van der Waals surface area contributed by atoms with E-state index in [1.807, 2.05) is 12.1 Å². The molecule has 3 aromatic rings. The summed E-state index contributed by atoms with van der Waals surface area (Å²) >= 11 is 0. The van der Waals surface area contributed by atoms with Crippen LogP contribution in [0, 0.1) is 0 Å². The van der Waals surface area contributed by atoms with Crippen LogP contribution >= 0.6 is 0 Å². The molecule has 0 unspecified atom stereocenters. The number of benzene rings is 2. The number of nitrogens with one attached hydrogen (secondary N) is 1. The van der Waals surface area contributed by atoms with Crippen molar-refractivity contribution in [3.05, 3.63) is 70.1 Å². The number of carbonyl (C=O) groups excluding carboxylic acids is 2. The molecule has 0 aliphatic carbocycles. The van der Waals surface area contributed by atoms with Gasteiger partial charge in [-0.1, -0.05) is 24.3 Å². The molecule has 0 radical (unpaired) electrons. The van der Waals surface area contributed by atoms with E-state index < -0.39 is 11.5 Å². The van der Waals surface area contributed by atoms with E-state index in [0.29, 0.717) is 23.2 Å². The van der Waals surface area contributed by atoms with Gasteiger partial charge in [-0.2, -0.15) is 0 Å². The van der Waals surface area contributed by atoms with Gasteiger partial charge in [0.05, 0.1) is 0 Å². The first-order valence-electron chi connectivity index (χ1n) is 8.78. The minimum atomic E-state index is -0.686. The van der Waals surface area contributed by atoms with Gasteiger partial charge in [0.25, 0.3) is 5.91 Å². The summed E-state index contributed by atoms with van der Waals surface area (Å²) in [6.07, 6.45) is 1.80. The Morgan fingerprint density at radius 2 is 1.93 bits per heavy atom. The molecule has 2 heterocycles. The van der Waals surface area contributed by atoms with Gasteiger partial charge in [-0.3, -0.25) is 9.59 Å². The average Bonchev–Trinajstić information content (AvgIpc) is 2.66. The Hall–Kier alpha value is -3.41. The zero-order valence-corrected chi connectivity index (χ0v) is 14.8. The van der Waals surface area contributed by atoms with Crippen molar-refractivity contribution < 1.29 is 14.0 Å². The summed E-state index contributed by atoms with van der Waals surface area (Å²) in [6, 6.07) is 14.0. The van der Waals surface area contributed by atoms with Crippen molar-refractivity contribution in [2.45, 2.75) is 19.8 Å². The second-order valence-corrected chi connectivity index (χ2v) is 6.56. The Morgan fingerprint density at radius 3 is 2.74 bits per heavy atom. The highest BCUT2D eigenvalue weighted by atomic mass is 16.4. The van der Waals surface area contributed by atoms with Crippen LogP contribution in [-0.4, -0.2) is 18.4 Å². The molecule has 2 amide bonds. The van der Waals surface area contributed by atoms with E-state index >= 15 is 0 Å². The Bertz CT molecular complexity index is 1120. The van der Waals surface area contributed by atoms with Gasteiger partial charge in [-0.05, 0) is 42.7 Å². The van der Waals surface area contributed by atoms with Crippen LogP contribution in [0.3, 0.4) is 0 Å². The van der Waals surface area contributed by atoms with Crippen molar-refractivity contribution in [3.63, 3.8) is 0 Å². The lowest BCUT2D eigenvalue weighted by atomic mass is 10.0. The number of carbonyl (C=O) groups is 2. The lowest BCUT2D eigenvalue weighted by Crippen LogP contribution is -2.33. The molecule has 0 fully saturated rings. The largest absolute Gasteiger partial charge is 0.422 e. The summed E-state index contributed by atoms with van der Waals surface area (Å²) in [5, 5.41) is 3.41.